The average Bonchev–Trinajstić information content (AvgIpc) is 2.46. The van der Waals surface area contributed by atoms with Crippen LogP contribution in [0.4, 0.5) is 5.69 Å². The summed E-state index contributed by atoms with van der Waals surface area (Å²) < 4.78 is 0. The summed E-state index contributed by atoms with van der Waals surface area (Å²) in [6, 6.07) is 10.2. The van der Waals surface area contributed by atoms with E-state index in [-0.39, 0.29) is 22.7 Å². The lowest BCUT2D eigenvalue weighted by molar-refractivity contribution is -0.114. The summed E-state index contributed by atoms with van der Waals surface area (Å²) in [4.78, 5) is 22.7. The van der Waals surface area contributed by atoms with Crippen molar-refractivity contribution in [3.63, 3.8) is 0 Å². The van der Waals surface area contributed by atoms with Crippen LogP contribution in [0.1, 0.15) is 23.0 Å². The van der Waals surface area contributed by atoms with Crippen molar-refractivity contribution in [3.05, 3.63) is 52.8 Å². The molecule has 0 aliphatic rings. The lowest BCUT2D eigenvalue weighted by Gasteiger charge is -2.06. The van der Waals surface area contributed by atoms with Gasteiger partial charge in [0.15, 0.2) is 10.8 Å². The standard InChI is InChI=1S/C14H13ClN4O2/c1-9(20)17-11-4-2-10(3-5-11)8-16-14(21)12-6-7-13(15)19-18-12/h2-7H,8H2,1H3,(H,16,21)(H,17,20). The molecule has 7 heteroatoms. The summed E-state index contributed by atoms with van der Waals surface area (Å²) in [5.74, 6) is -0.456. The Bertz CT molecular complexity index is 641. The number of aromatic nitrogens is 2. The minimum atomic E-state index is -0.329. The van der Waals surface area contributed by atoms with E-state index in [1.165, 1.54) is 19.1 Å². The van der Waals surface area contributed by atoms with Gasteiger partial charge < -0.3 is 10.6 Å². The third-order valence-corrected chi connectivity index (χ3v) is 2.79. The first-order valence-corrected chi connectivity index (χ1v) is 6.56. The van der Waals surface area contributed by atoms with Gasteiger partial charge in [0.2, 0.25) is 5.91 Å². The number of nitrogens with one attached hydrogen (secondary N) is 2. The van der Waals surface area contributed by atoms with Crippen molar-refractivity contribution in [1.82, 2.24) is 15.5 Å². The van der Waals surface area contributed by atoms with Gasteiger partial charge in [0, 0.05) is 19.2 Å². The van der Waals surface area contributed by atoms with Crippen LogP contribution >= 0.6 is 11.6 Å². The van der Waals surface area contributed by atoms with Gasteiger partial charge in [-0.1, -0.05) is 23.7 Å². The van der Waals surface area contributed by atoms with Gasteiger partial charge in [-0.25, -0.2) is 0 Å². The number of amides is 2. The fraction of sp³-hybridized carbons (Fsp3) is 0.143. The summed E-state index contributed by atoms with van der Waals surface area (Å²) in [6.07, 6.45) is 0. The molecule has 0 atom stereocenters. The highest BCUT2D eigenvalue weighted by atomic mass is 35.5. The quantitative estimate of drug-likeness (QED) is 0.905. The zero-order valence-corrected chi connectivity index (χ0v) is 12.0. The number of benzene rings is 1. The molecule has 1 aromatic heterocycles. The molecule has 0 bridgehead atoms. The Morgan fingerprint density at radius 2 is 1.81 bits per heavy atom. The molecule has 1 heterocycles. The lowest BCUT2D eigenvalue weighted by atomic mass is 10.2. The first-order valence-electron chi connectivity index (χ1n) is 6.18. The number of halogens is 1. The smallest absolute Gasteiger partial charge is 0.272 e. The van der Waals surface area contributed by atoms with Crippen molar-refractivity contribution < 1.29 is 9.59 Å². The molecule has 108 valence electrons. The molecule has 6 nitrogen and oxygen atoms in total. The summed E-state index contributed by atoms with van der Waals surface area (Å²) in [6.45, 7) is 1.80. The monoisotopic (exact) mass is 304 g/mol. The molecule has 2 aromatic rings. The Balaban J connectivity index is 1.92. The molecular weight excluding hydrogens is 292 g/mol. The van der Waals surface area contributed by atoms with Crippen LogP contribution in [0.25, 0.3) is 0 Å². The highest BCUT2D eigenvalue weighted by molar-refractivity contribution is 6.29. The molecule has 0 radical (unpaired) electrons. The molecule has 0 unspecified atom stereocenters. The number of carbonyl (C=O) groups excluding carboxylic acids is 2. The number of hydrogen-bond donors (Lipinski definition) is 2. The van der Waals surface area contributed by atoms with Crippen molar-refractivity contribution in [2.24, 2.45) is 0 Å². The zero-order chi connectivity index (χ0) is 15.2. The number of anilines is 1. The molecule has 0 spiro atoms. The van der Waals surface area contributed by atoms with Gasteiger partial charge in [-0.05, 0) is 29.8 Å². The van der Waals surface area contributed by atoms with Crippen LogP contribution in [0, 0.1) is 0 Å². The van der Waals surface area contributed by atoms with E-state index >= 15 is 0 Å². The van der Waals surface area contributed by atoms with E-state index < -0.39 is 0 Å². The van der Waals surface area contributed by atoms with E-state index in [0.29, 0.717) is 12.2 Å². The van der Waals surface area contributed by atoms with Crippen molar-refractivity contribution >= 4 is 29.1 Å². The van der Waals surface area contributed by atoms with E-state index in [1.807, 2.05) is 12.1 Å². The van der Waals surface area contributed by atoms with Gasteiger partial charge in [0.25, 0.3) is 5.91 Å². The lowest BCUT2D eigenvalue weighted by Crippen LogP contribution is -2.24. The summed E-state index contributed by atoms with van der Waals surface area (Å²) in [7, 11) is 0. The van der Waals surface area contributed by atoms with Crippen LogP contribution in [-0.2, 0) is 11.3 Å². The van der Waals surface area contributed by atoms with Crippen LogP contribution < -0.4 is 10.6 Å². The molecule has 0 aliphatic heterocycles. The Morgan fingerprint density at radius 1 is 1.10 bits per heavy atom. The van der Waals surface area contributed by atoms with Crippen molar-refractivity contribution in [2.45, 2.75) is 13.5 Å². The molecule has 2 N–H and O–H groups in total. The zero-order valence-electron chi connectivity index (χ0n) is 11.3. The number of carbonyl (C=O) groups is 2. The second-order valence-electron chi connectivity index (χ2n) is 4.30. The average molecular weight is 305 g/mol. The fourth-order valence-corrected chi connectivity index (χ4v) is 1.72. The van der Waals surface area contributed by atoms with Crippen LogP contribution in [0.2, 0.25) is 5.15 Å². The van der Waals surface area contributed by atoms with E-state index in [0.717, 1.165) is 5.56 Å². The van der Waals surface area contributed by atoms with Gasteiger partial charge >= 0.3 is 0 Å². The fourth-order valence-electron chi connectivity index (χ4n) is 1.62. The third kappa shape index (κ3) is 4.54. The first kappa shape index (κ1) is 14.9. The Labute approximate surface area is 126 Å². The van der Waals surface area contributed by atoms with Gasteiger partial charge in [-0.2, -0.15) is 0 Å². The van der Waals surface area contributed by atoms with Crippen molar-refractivity contribution in [2.75, 3.05) is 5.32 Å². The van der Waals surface area contributed by atoms with Gasteiger partial charge in [0.1, 0.15) is 0 Å². The second-order valence-corrected chi connectivity index (χ2v) is 4.69. The van der Waals surface area contributed by atoms with Crippen LogP contribution in [0.5, 0.6) is 0 Å². The second kappa shape index (κ2) is 6.81. The van der Waals surface area contributed by atoms with Gasteiger partial charge in [0.05, 0.1) is 0 Å². The van der Waals surface area contributed by atoms with Crippen LogP contribution in [0.15, 0.2) is 36.4 Å². The molecule has 2 rings (SSSR count). The van der Waals surface area contributed by atoms with E-state index in [1.54, 1.807) is 12.1 Å². The number of nitrogens with zero attached hydrogens (tertiary/aromatic N) is 2. The molecule has 0 saturated carbocycles. The Kier molecular flexibility index (Phi) is 4.84. The Morgan fingerprint density at radius 3 is 2.38 bits per heavy atom. The molecule has 0 aliphatic carbocycles. The van der Waals surface area contributed by atoms with Gasteiger partial charge in [-0.15, -0.1) is 10.2 Å². The first-order chi connectivity index (χ1) is 10.0. The predicted octanol–water partition coefficient (Wildman–Crippen LogP) is 2.02. The minimum absolute atomic E-state index is 0.127. The minimum Gasteiger partial charge on any atom is -0.347 e. The highest BCUT2D eigenvalue weighted by Crippen LogP contribution is 2.09. The SMILES string of the molecule is CC(=O)Nc1ccc(CNC(=O)c2ccc(Cl)nn2)cc1. The summed E-state index contributed by atoms with van der Waals surface area (Å²) in [5, 5.41) is 12.9. The van der Waals surface area contributed by atoms with Crippen LogP contribution in [-0.4, -0.2) is 22.0 Å². The van der Waals surface area contributed by atoms with Crippen molar-refractivity contribution in [3.8, 4) is 0 Å². The van der Waals surface area contributed by atoms with Crippen LogP contribution in [0.3, 0.4) is 0 Å². The normalized spacial score (nSPS) is 10.0. The van der Waals surface area contributed by atoms with E-state index in [4.69, 9.17) is 11.6 Å². The molecule has 0 fully saturated rings. The molecule has 21 heavy (non-hydrogen) atoms. The number of rotatable bonds is 4. The molecule has 2 amide bonds. The largest absolute Gasteiger partial charge is 0.347 e. The Hall–Kier alpha value is -2.47. The summed E-state index contributed by atoms with van der Waals surface area (Å²) in [5.41, 5.74) is 1.81. The predicted molar refractivity (Wildman–Crippen MR) is 79.0 cm³/mol. The maximum atomic E-state index is 11.8. The molecular formula is C14H13ClN4O2. The highest BCUT2D eigenvalue weighted by Gasteiger charge is 2.07. The van der Waals surface area contributed by atoms with E-state index in [2.05, 4.69) is 20.8 Å². The molecule has 1 aromatic carbocycles. The third-order valence-electron chi connectivity index (χ3n) is 2.59. The summed E-state index contributed by atoms with van der Waals surface area (Å²) >= 11 is 5.60. The maximum Gasteiger partial charge on any atom is 0.272 e. The molecule has 0 saturated heterocycles. The maximum absolute atomic E-state index is 11.8. The van der Waals surface area contributed by atoms with Crippen molar-refractivity contribution in [1.29, 1.82) is 0 Å². The van der Waals surface area contributed by atoms with Gasteiger partial charge in [-0.3, -0.25) is 9.59 Å². The number of hydrogen-bond acceptors (Lipinski definition) is 4. The van der Waals surface area contributed by atoms with E-state index in [9.17, 15) is 9.59 Å². The topological polar surface area (TPSA) is 84.0 Å².